The largest absolute Gasteiger partial charge is 0.490 e. The van der Waals surface area contributed by atoms with E-state index < -0.39 is 5.97 Å². The minimum absolute atomic E-state index is 0.249. The molecule has 0 aliphatic carbocycles. The van der Waals surface area contributed by atoms with Gasteiger partial charge in [-0.05, 0) is 35.4 Å². The first-order chi connectivity index (χ1) is 10.1. The first-order valence-corrected chi connectivity index (χ1v) is 7.37. The van der Waals surface area contributed by atoms with Crippen molar-refractivity contribution in [2.45, 2.75) is 6.42 Å². The molecule has 0 unspecified atom stereocenters. The van der Waals surface area contributed by atoms with Gasteiger partial charge in [0.15, 0.2) is 11.5 Å². The first kappa shape index (κ1) is 13.9. The Morgan fingerprint density at radius 1 is 1.05 bits per heavy atom. The van der Waals surface area contributed by atoms with E-state index in [1.54, 1.807) is 12.1 Å². The van der Waals surface area contributed by atoms with E-state index >= 15 is 0 Å². The van der Waals surface area contributed by atoms with Gasteiger partial charge in [0.05, 0.1) is 18.8 Å². The highest BCUT2D eigenvalue weighted by molar-refractivity contribution is 9.10. The molecule has 0 bridgehead atoms. The Bertz CT molecular complexity index is 697. The van der Waals surface area contributed by atoms with E-state index in [1.807, 2.05) is 24.3 Å². The molecule has 1 heterocycles. The lowest BCUT2D eigenvalue weighted by Crippen LogP contribution is -2.00. The SMILES string of the molecule is O=C(O)c1cc(Br)ccc1-c1ccc2c(c1)OCCCO2. The number of carboxylic acid groups (broad SMARTS) is 1. The lowest BCUT2D eigenvalue weighted by molar-refractivity contribution is 0.0697. The van der Waals surface area contributed by atoms with Crippen LogP contribution >= 0.6 is 15.9 Å². The predicted molar refractivity (Wildman–Crippen MR) is 82.1 cm³/mol. The highest BCUT2D eigenvalue weighted by Crippen LogP contribution is 2.36. The fraction of sp³-hybridized carbons (Fsp3) is 0.188. The fourth-order valence-corrected chi connectivity index (χ4v) is 2.64. The van der Waals surface area contributed by atoms with E-state index in [1.165, 1.54) is 0 Å². The number of carbonyl (C=O) groups is 1. The van der Waals surface area contributed by atoms with Crippen molar-refractivity contribution in [1.29, 1.82) is 0 Å². The molecular formula is C16H13BrO4. The van der Waals surface area contributed by atoms with Crippen LogP contribution in [0, 0.1) is 0 Å². The van der Waals surface area contributed by atoms with Crippen molar-refractivity contribution in [3.8, 4) is 22.6 Å². The van der Waals surface area contributed by atoms with E-state index in [-0.39, 0.29) is 5.56 Å². The van der Waals surface area contributed by atoms with Gasteiger partial charge in [0.1, 0.15) is 0 Å². The average Bonchev–Trinajstić information content (AvgIpc) is 2.71. The molecule has 0 aromatic heterocycles. The van der Waals surface area contributed by atoms with Gasteiger partial charge in [-0.2, -0.15) is 0 Å². The van der Waals surface area contributed by atoms with Crippen LogP contribution in [0.5, 0.6) is 11.5 Å². The summed E-state index contributed by atoms with van der Waals surface area (Å²) in [5.41, 5.74) is 1.70. The lowest BCUT2D eigenvalue weighted by atomic mass is 9.99. The molecule has 0 amide bonds. The number of aromatic carboxylic acids is 1. The Labute approximate surface area is 130 Å². The summed E-state index contributed by atoms with van der Waals surface area (Å²) in [6.45, 7) is 1.23. The molecule has 4 nitrogen and oxygen atoms in total. The zero-order chi connectivity index (χ0) is 14.8. The number of halogens is 1. The molecule has 3 rings (SSSR count). The van der Waals surface area contributed by atoms with Crippen molar-refractivity contribution >= 4 is 21.9 Å². The molecule has 1 N–H and O–H groups in total. The van der Waals surface area contributed by atoms with Crippen LogP contribution in [0.25, 0.3) is 11.1 Å². The van der Waals surface area contributed by atoms with Crippen LogP contribution in [0.1, 0.15) is 16.8 Å². The quantitative estimate of drug-likeness (QED) is 0.891. The zero-order valence-electron chi connectivity index (χ0n) is 11.1. The summed E-state index contributed by atoms with van der Waals surface area (Å²) in [6, 6.07) is 10.7. The van der Waals surface area contributed by atoms with Crippen LogP contribution in [-0.4, -0.2) is 24.3 Å². The van der Waals surface area contributed by atoms with Crippen molar-refractivity contribution in [3.05, 3.63) is 46.4 Å². The maximum absolute atomic E-state index is 11.4. The second-order valence-electron chi connectivity index (χ2n) is 4.71. The molecule has 0 atom stereocenters. The summed E-state index contributed by atoms with van der Waals surface area (Å²) in [6.07, 6.45) is 0.836. The predicted octanol–water partition coefficient (Wildman–Crippen LogP) is 3.98. The third-order valence-corrected chi connectivity index (χ3v) is 3.76. The second-order valence-corrected chi connectivity index (χ2v) is 5.62. The van der Waals surface area contributed by atoms with Crippen molar-refractivity contribution in [1.82, 2.24) is 0 Å². The second kappa shape index (κ2) is 5.77. The molecule has 0 fully saturated rings. The molecule has 1 aliphatic heterocycles. The third kappa shape index (κ3) is 2.88. The van der Waals surface area contributed by atoms with Crippen molar-refractivity contribution in [2.24, 2.45) is 0 Å². The van der Waals surface area contributed by atoms with Gasteiger partial charge in [0.25, 0.3) is 0 Å². The van der Waals surface area contributed by atoms with E-state index in [0.29, 0.717) is 30.3 Å². The molecule has 0 saturated carbocycles. The monoisotopic (exact) mass is 348 g/mol. The summed E-state index contributed by atoms with van der Waals surface area (Å²) in [5, 5.41) is 9.36. The fourth-order valence-electron chi connectivity index (χ4n) is 2.28. The van der Waals surface area contributed by atoms with E-state index in [4.69, 9.17) is 9.47 Å². The molecule has 21 heavy (non-hydrogen) atoms. The van der Waals surface area contributed by atoms with Gasteiger partial charge in [-0.1, -0.05) is 28.1 Å². The Kier molecular flexibility index (Phi) is 3.84. The smallest absolute Gasteiger partial charge is 0.336 e. The number of carboxylic acids is 1. The Balaban J connectivity index is 2.09. The van der Waals surface area contributed by atoms with Crippen LogP contribution in [-0.2, 0) is 0 Å². The highest BCUT2D eigenvalue weighted by atomic mass is 79.9. The van der Waals surface area contributed by atoms with Crippen LogP contribution in [0.4, 0.5) is 0 Å². The molecular weight excluding hydrogens is 336 g/mol. The summed E-state index contributed by atoms with van der Waals surface area (Å²) in [7, 11) is 0. The zero-order valence-corrected chi connectivity index (χ0v) is 12.7. The van der Waals surface area contributed by atoms with E-state index in [0.717, 1.165) is 16.5 Å². The number of ether oxygens (including phenoxy) is 2. The van der Waals surface area contributed by atoms with Gasteiger partial charge in [0, 0.05) is 10.9 Å². The number of fused-ring (bicyclic) bond motifs is 1. The van der Waals surface area contributed by atoms with E-state index in [2.05, 4.69) is 15.9 Å². The molecule has 0 spiro atoms. The minimum atomic E-state index is -0.960. The number of hydrogen-bond acceptors (Lipinski definition) is 3. The number of benzene rings is 2. The van der Waals surface area contributed by atoms with Crippen LogP contribution in [0.2, 0.25) is 0 Å². The first-order valence-electron chi connectivity index (χ1n) is 6.58. The van der Waals surface area contributed by atoms with Gasteiger partial charge in [-0.3, -0.25) is 0 Å². The van der Waals surface area contributed by atoms with Crippen molar-refractivity contribution in [2.75, 3.05) is 13.2 Å². The Morgan fingerprint density at radius 2 is 1.81 bits per heavy atom. The van der Waals surface area contributed by atoms with Crippen molar-refractivity contribution in [3.63, 3.8) is 0 Å². The molecule has 2 aromatic carbocycles. The van der Waals surface area contributed by atoms with Crippen LogP contribution in [0.15, 0.2) is 40.9 Å². The molecule has 0 saturated heterocycles. The normalized spacial score (nSPS) is 13.6. The lowest BCUT2D eigenvalue weighted by Gasteiger charge is -2.11. The molecule has 1 aliphatic rings. The van der Waals surface area contributed by atoms with Gasteiger partial charge >= 0.3 is 5.97 Å². The van der Waals surface area contributed by atoms with Gasteiger partial charge < -0.3 is 14.6 Å². The maximum atomic E-state index is 11.4. The average molecular weight is 349 g/mol. The molecule has 5 heteroatoms. The van der Waals surface area contributed by atoms with Crippen molar-refractivity contribution < 1.29 is 19.4 Å². The third-order valence-electron chi connectivity index (χ3n) is 3.27. The maximum Gasteiger partial charge on any atom is 0.336 e. The summed E-state index contributed by atoms with van der Waals surface area (Å²) < 4.78 is 12.0. The van der Waals surface area contributed by atoms with Gasteiger partial charge in [-0.15, -0.1) is 0 Å². The topological polar surface area (TPSA) is 55.8 Å². The summed E-state index contributed by atoms with van der Waals surface area (Å²) in [5.74, 6) is 0.396. The number of hydrogen-bond donors (Lipinski definition) is 1. The molecule has 2 aromatic rings. The van der Waals surface area contributed by atoms with E-state index in [9.17, 15) is 9.90 Å². The van der Waals surface area contributed by atoms with Gasteiger partial charge in [0.2, 0.25) is 0 Å². The Morgan fingerprint density at radius 3 is 2.57 bits per heavy atom. The standard InChI is InChI=1S/C16H13BrO4/c17-11-3-4-12(13(9-11)16(18)19)10-2-5-14-15(8-10)21-7-1-6-20-14/h2-5,8-9H,1,6-7H2,(H,18,19). The van der Waals surface area contributed by atoms with Crippen LogP contribution < -0.4 is 9.47 Å². The summed E-state index contributed by atoms with van der Waals surface area (Å²) in [4.78, 5) is 11.4. The number of rotatable bonds is 2. The van der Waals surface area contributed by atoms with Gasteiger partial charge in [-0.25, -0.2) is 4.79 Å². The summed E-state index contributed by atoms with van der Waals surface area (Å²) >= 11 is 3.30. The highest BCUT2D eigenvalue weighted by Gasteiger charge is 2.16. The minimum Gasteiger partial charge on any atom is -0.490 e. The van der Waals surface area contributed by atoms with Crippen LogP contribution in [0.3, 0.4) is 0 Å². The Hall–Kier alpha value is -2.01. The molecule has 0 radical (unpaired) electrons. The molecule has 108 valence electrons.